The summed E-state index contributed by atoms with van der Waals surface area (Å²) in [6.45, 7) is 0. The molecule has 3 aromatic rings. The van der Waals surface area contributed by atoms with Crippen LogP contribution in [0.15, 0.2) is 91.0 Å². The summed E-state index contributed by atoms with van der Waals surface area (Å²) >= 11 is 0. The molecule has 5 heteroatoms. The molecule has 0 fully saturated rings. The molecular formula is C24H19NO4. The quantitative estimate of drug-likeness (QED) is 0.639. The van der Waals surface area contributed by atoms with Gasteiger partial charge in [-0.15, -0.1) is 0 Å². The fourth-order valence-corrected chi connectivity index (χ4v) is 2.69. The van der Waals surface area contributed by atoms with E-state index in [1.54, 1.807) is 12.2 Å². The molecule has 2 N–H and O–H groups in total. The van der Waals surface area contributed by atoms with Gasteiger partial charge in [0.15, 0.2) is 0 Å². The highest BCUT2D eigenvalue weighted by Crippen LogP contribution is 2.36. The van der Waals surface area contributed by atoms with E-state index >= 15 is 0 Å². The Labute approximate surface area is 168 Å². The van der Waals surface area contributed by atoms with Crippen molar-refractivity contribution in [2.75, 3.05) is 4.90 Å². The van der Waals surface area contributed by atoms with Gasteiger partial charge in [-0.25, -0.2) is 4.90 Å². The summed E-state index contributed by atoms with van der Waals surface area (Å²) in [6, 6.07) is 22.2. The Morgan fingerprint density at radius 2 is 1.03 bits per heavy atom. The van der Waals surface area contributed by atoms with Crippen molar-refractivity contribution < 1.29 is 19.8 Å². The van der Waals surface area contributed by atoms with Gasteiger partial charge < -0.3 is 10.2 Å². The van der Waals surface area contributed by atoms with Crippen LogP contribution in [0.5, 0.6) is 11.5 Å². The van der Waals surface area contributed by atoms with Crippen LogP contribution in [0.2, 0.25) is 0 Å². The molecule has 0 atom stereocenters. The molecule has 0 aliphatic rings. The maximum atomic E-state index is 12.8. The second-order valence-corrected chi connectivity index (χ2v) is 6.14. The molecule has 3 aromatic carbocycles. The molecule has 0 aromatic heterocycles. The van der Waals surface area contributed by atoms with E-state index in [9.17, 15) is 19.8 Å². The molecule has 0 aliphatic carbocycles. The molecular weight excluding hydrogens is 366 g/mol. The summed E-state index contributed by atoms with van der Waals surface area (Å²) in [6.07, 6.45) is 5.55. The van der Waals surface area contributed by atoms with E-state index in [2.05, 4.69) is 0 Å². The molecule has 0 saturated carbocycles. The summed E-state index contributed by atoms with van der Waals surface area (Å²) in [5, 5.41) is 20.4. The standard InChI is InChI=1S/C24H19NO4/c26-20-12-7-13-21(27)24(20)25(22(28)16-14-18-8-3-1-4-9-18)23(29)17-15-19-10-5-2-6-11-19/h1-17,26-27H/b16-14+,17-15+. The molecule has 0 bridgehead atoms. The molecule has 0 saturated heterocycles. The Hall–Kier alpha value is -4.12. The lowest BCUT2D eigenvalue weighted by molar-refractivity contribution is -0.121. The zero-order chi connectivity index (χ0) is 20.6. The number of nitrogens with zero attached hydrogens (tertiary/aromatic N) is 1. The van der Waals surface area contributed by atoms with Crippen molar-refractivity contribution in [3.63, 3.8) is 0 Å². The van der Waals surface area contributed by atoms with Crippen LogP contribution >= 0.6 is 0 Å². The lowest BCUT2D eigenvalue weighted by Gasteiger charge is -2.20. The van der Waals surface area contributed by atoms with E-state index in [0.717, 1.165) is 16.0 Å². The van der Waals surface area contributed by atoms with E-state index in [1.165, 1.54) is 30.4 Å². The van der Waals surface area contributed by atoms with Crippen molar-refractivity contribution in [1.82, 2.24) is 0 Å². The van der Waals surface area contributed by atoms with Crippen LogP contribution in [0, 0.1) is 0 Å². The molecule has 0 radical (unpaired) electrons. The van der Waals surface area contributed by atoms with E-state index < -0.39 is 11.8 Å². The highest BCUT2D eigenvalue weighted by Gasteiger charge is 2.25. The van der Waals surface area contributed by atoms with E-state index in [0.29, 0.717) is 0 Å². The number of aromatic hydroxyl groups is 2. The zero-order valence-corrected chi connectivity index (χ0v) is 15.5. The number of benzene rings is 3. The number of carbonyl (C=O) groups is 2. The number of carbonyl (C=O) groups excluding carboxylic acids is 2. The van der Waals surface area contributed by atoms with Gasteiger partial charge in [-0.2, -0.15) is 0 Å². The monoisotopic (exact) mass is 385 g/mol. The Bertz CT molecular complexity index is 975. The van der Waals surface area contributed by atoms with Gasteiger partial charge in [0, 0.05) is 12.2 Å². The maximum absolute atomic E-state index is 12.8. The third kappa shape index (κ3) is 4.99. The first-order valence-electron chi connectivity index (χ1n) is 8.91. The van der Waals surface area contributed by atoms with Crippen molar-refractivity contribution in [1.29, 1.82) is 0 Å². The Morgan fingerprint density at radius 1 is 0.621 bits per heavy atom. The minimum absolute atomic E-state index is 0.266. The predicted octanol–water partition coefficient (Wildman–Crippen LogP) is 4.38. The van der Waals surface area contributed by atoms with Gasteiger partial charge in [0.1, 0.15) is 17.2 Å². The predicted molar refractivity (Wildman–Crippen MR) is 113 cm³/mol. The van der Waals surface area contributed by atoms with Gasteiger partial charge in [0.25, 0.3) is 11.8 Å². The fourth-order valence-electron chi connectivity index (χ4n) is 2.69. The fraction of sp³-hybridized carbons (Fsp3) is 0. The summed E-state index contributed by atoms with van der Waals surface area (Å²) in [5.41, 5.74) is 1.28. The minimum Gasteiger partial charge on any atom is -0.506 e. The van der Waals surface area contributed by atoms with Gasteiger partial charge in [0.2, 0.25) is 0 Å². The lowest BCUT2D eigenvalue weighted by atomic mass is 10.2. The van der Waals surface area contributed by atoms with E-state index in [-0.39, 0.29) is 17.2 Å². The zero-order valence-electron chi connectivity index (χ0n) is 15.5. The maximum Gasteiger partial charge on any atom is 0.258 e. The van der Waals surface area contributed by atoms with Crippen molar-refractivity contribution in [3.8, 4) is 11.5 Å². The Morgan fingerprint density at radius 3 is 1.45 bits per heavy atom. The molecule has 0 spiro atoms. The van der Waals surface area contributed by atoms with Gasteiger partial charge in [-0.3, -0.25) is 9.59 Å². The molecule has 0 heterocycles. The molecule has 144 valence electrons. The Kier molecular flexibility index (Phi) is 6.22. The van der Waals surface area contributed by atoms with Gasteiger partial charge in [0.05, 0.1) is 0 Å². The smallest absolute Gasteiger partial charge is 0.258 e. The minimum atomic E-state index is -0.701. The first-order chi connectivity index (χ1) is 14.1. The second kappa shape index (κ2) is 9.19. The van der Waals surface area contributed by atoms with Crippen LogP contribution in [-0.2, 0) is 9.59 Å². The average molecular weight is 385 g/mol. The number of anilines is 1. The topological polar surface area (TPSA) is 77.8 Å². The second-order valence-electron chi connectivity index (χ2n) is 6.14. The molecule has 5 nitrogen and oxygen atoms in total. The van der Waals surface area contributed by atoms with E-state index in [1.807, 2.05) is 60.7 Å². The van der Waals surface area contributed by atoms with Crippen molar-refractivity contribution in [2.24, 2.45) is 0 Å². The SMILES string of the molecule is O=C(/C=C/c1ccccc1)N(C(=O)/C=C/c1ccccc1)c1c(O)cccc1O. The summed E-state index contributed by atoms with van der Waals surface area (Å²) < 4.78 is 0. The highest BCUT2D eigenvalue weighted by atomic mass is 16.3. The number of phenolic OH excluding ortho intramolecular Hbond substituents is 2. The number of phenols is 2. The van der Waals surface area contributed by atoms with Crippen LogP contribution in [0.25, 0.3) is 12.2 Å². The normalized spacial score (nSPS) is 11.0. The van der Waals surface area contributed by atoms with Gasteiger partial charge >= 0.3 is 0 Å². The number of para-hydroxylation sites is 1. The van der Waals surface area contributed by atoms with Crippen LogP contribution in [0.3, 0.4) is 0 Å². The van der Waals surface area contributed by atoms with Crippen LogP contribution < -0.4 is 4.90 Å². The molecule has 2 amide bonds. The van der Waals surface area contributed by atoms with Gasteiger partial charge in [-0.1, -0.05) is 66.7 Å². The third-order valence-electron chi connectivity index (χ3n) is 4.09. The Balaban J connectivity index is 1.95. The number of amides is 2. The number of rotatable bonds is 5. The van der Waals surface area contributed by atoms with Gasteiger partial charge in [-0.05, 0) is 35.4 Å². The largest absolute Gasteiger partial charge is 0.506 e. The van der Waals surface area contributed by atoms with Crippen LogP contribution in [0.4, 0.5) is 5.69 Å². The highest BCUT2D eigenvalue weighted by molar-refractivity contribution is 6.24. The van der Waals surface area contributed by atoms with Crippen molar-refractivity contribution in [2.45, 2.75) is 0 Å². The number of hydrogen-bond acceptors (Lipinski definition) is 4. The molecule has 0 aliphatic heterocycles. The number of hydrogen-bond donors (Lipinski definition) is 2. The molecule has 3 rings (SSSR count). The third-order valence-corrected chi connectivity index (χ3v) is 4.09. The summed E-state index contributed by atoms with van der Waals surface area (Å²) in [4.78, 5) is 26.4. The van der Waals surface area contributed by atoms with Crippen molar-refractivity contribution in [3.05, 3.63) is 102 Å². The van der Waals surface area contributed by atoms with E-state index in [4.69, 9.17) is 0 Å². The van der Waals surface area contributed by atoms with Crippen LogP contribution in [-0.4, -0.2) is 22.0 Å². The number of imide groups is 1. The average Bonchev–Trinajstić information content (AvgIpc) is 2.74. The first-order valence-corrected chi connectivity index (χ1v) is 8.91. The first kappa shape index (κ1) is 19.6. The summed E-state index contributed by atoms with van der Waals surface area (Å²) in [7, 11) is 0. The summed E-state index contributed by atoms with van der Waals surface area (Å²) in [5.74, 6) is -2.16. The molecule has 29 heavy (non-hydrogen) atoms. The molecule has 0 unspecified atom stereocenters. The lowest BCUT2D eigenvalue weighted by Crippen LogP contribution is -2.34. The van der Waals surface area contributed by atoms with Crippen molar-refractivity contribution >= 4 is 29.7 Å². The van der Waals surface area contributed by atoms with Crippen LogP contribution in [0.1, 0.15) is 11.1 Å².